The Kier molecular flexibility index (Phi) is 4.84. The van der Waals surface area contributed by atoms with E-state index in [0.717, 1.165) is 29.7 Å². The monoisotopic (exact) mass is 391 g/mol. The van der Waals surface area contributed by atoms with Gasteiger partial charge in [-0.25, -0.2) is 4.79 Å². The van der Waals surface area contributed by atoms with Crippen LogP contribution in [-0.2, 0) is 21.5 Å². The molecule has 1 amide bonds. The predicted octanol–water partition coefficient (Wildman–Crippen LogP) is 5.24. The number of hydrogen-bond acceptors (Lipinski definition) is 4. The summed E-state index contributed by atoms with van der Waals surface area (Å²) in [4.78, 5) is 15.4. The highest BCUT2D eigenvalue weighted by Gasteiger charge is 2.47. The van der Waals surface area contributed by atoms with Gasteiger partial charge >= 0.3 is 6.09 Å². The molecule has 2 aliphatic heterocycles. The van der Waals surface area contributed by atoms with Crippen LogP contribution in [0.2, 0.25) is 9.36 Å². The molecule has 1 aromatic rings. The van der Waals surface area contributed by atoms with Crippen molar-refractivity contribution in [1.82, 2.24) is 4.90 Å². The molecule has 0 saturated carbocycles. The number of amides is 1. The number of carbonyl (C=O) groups excluding carboxylic acids is 1. The lowest BCUT2D eigenvalue weighted by Gasteiger charge is -2.46. The van der Waals surface area contributed by atoms with E-state index in [2.05, 4.69) is 0 Å². The molecule has 0 aliphatic carbocycles. The first-order valence-corrected chi connectivity index (χ1v) is 9.81. The van der Waals surface area contributed by atoms with Gasteiger partial charge in [0.15, 0.2) is 0 Å². The maximum Gasteiger partial charge on any atom is 0.410 e. The predicted molar refractivity (Wildman–Crippen MR) is 97.3 cm³/mol. The summed E-state index contributed by atoms with van der Waals surface area (Å²) in [5.74, 6) is 0. The third-order valence-electron chi connectivity index (χ3n) is 4.59. The molecule has 0 aromatic carbocycles. The van der Waals surface area contributed by atoms with E-state index in [-0.39, 0.29) is 17.7 Å². The summed E-state index contributed by atoms with van der Waals surface area (Å²) in [7, 11) is 0. The fourth-order valence-corrected chi connectivity index (χ4v) is 5.42. The van der Waals surface area contributed by atoms with Crippen molar-refractivity contribution in [3.63, 3.8) is 0 Å². The van der Waals surface area contributed by atoms with Crippen LogP contribution in [-0.4, -0.2) is 35.8 Å². The molecule has 1 fully saturated rings. The molecule has 7 heteroatoms. The molecule has 134 valence electrons. The van der Waals surface area contributed by atoms with Crippen molar-refractivity contribution in [2.24, 2.45) is 0 Å². The molecule has 3 rings (SSSR count). The van der Waals surface area contributed by atoms with E-state index >= 15 is 0 Å². The average molecular weight is 392 g/mol. The highest BCUT2D eigenvalue weighted by atomic mass is 35.5. The number of likely N-dealkylation sites (tertiary alicyclic amines) is 1. The molecular formula is C17H23Cl2NO3S. The number of ether oxygens (including phenoxy) is 2. The third kappa shape index (κ3) is 3.28. The normalized spacial score (nSPS) is 27.2. The van der Waals surface area contributed by atoms with Gasteiger partial charge in [-0.2, -0.15) is 0 Å². The van der Waals surface area contributed by atoms with Crippen LogP contribution in [0.3, 0.4) is 0 Å². The number of piperidine rings is 1. The molecule has 2 unspecified atom stereocenters. The van der Waals surface area contributed by atoms with Crippen molar-refractivity contribution < 1.29 is 14.3 Å². The lowest BCUT2D eigenvalue weighted by molar-refractivity contribution is -0.108. The summed E-state index contributed by atoms with van der Waals surface area (Å²) < 4.78 is 12.4. The second-order valence-corrected chi connectivity index (χ2v) is 9.57. The maximum absolute atomic E-state index is 12.4. The van der Waals surface area contributed by atoms with E-state index in [9.17, 15) is 4.79 Å². The first-order valence-electron chi connectivity index (χ1n) is 8.24. The summed E-state index contributed by atoms with van der Waals surface area (Å²) in [6.07, 6.45) is 2.00. The number of thiophene rings is 1. The quantitative estimate of drug-likeness (QED) is 0.606. The third-order valence-corrected chi connectivity index (χ3v) is 6.84. The Morgan fingerprint density at radius 1 is 1.42 bits per heavy atom. The zero-order chi connectivity index (χ0) is 17.7. The van der Waals surface area contributed by atoms with Gasteiger partial charge < -0.3 is 14.4 Å². The van der Waals surface area contributed by atoms with Gasteiger partial charge in [0.25, 0.3) is 0 Å². The summed E-state index contributed by atoms with van der Waals surface area (Å²) >= 11 is 14.1. The van der Waals surface area contributed by atoms with Gasteiger partial charge in [0.05, 0.1) is 11.6 Å². The highest BCUT2D eigenvalue weighted by molar-refractivity contribution is 7.17. The van der Waals surface area contributed by atoms with Gasteiger partial charge in [-0.15, -0.1) is 11.3 Å². The zero-order valence-corrected chi connectivity index (χ0v) is 16.8. The zero-order valence-electron chi connectivity index (χ0n) is 14.4. The molecule has 0 bridgehead atoms. The lowest BCUT2D eigenvalue weighted by atomic mass is 9.82. The van der Waals surface area contributed by atoms with Crippen molar-refractivity contribution in [3.8, 4) is 0 Å². The Hall–Kier alpha value is -0.490. The molecule has 1 spiro atoms. The molecule has 0 N–H and O–H groups in total. The molecule has 1 aromatic heterocycles. The molecular weight excluding hydrogens is 369 g/mol. The van der Waals surface area contributed by atoms with Gasteiger partial charge in [-0.05, 0) is 46.1 Å². The number of fused-ring (bicyclic) bond motifs is 2. The SMILES string of the molecule is CC1CC2(CCN1C(=O)OC(C)(C)C)OCCc1c2sc(Cl)c1Cl. The molecule has 4 nitrogen and oxygen atoms in total. The van der Waals surface area contributed by atoms with Crippen LogP contribution in [0.25, 0.3) is 0 Å². The summed E-state index contributed by atoms with van der Waals surface area (Å²) in [5.41, 5.74) is 0.248. The van der Waals surface area contributed by atoms with E-state index in [4.69, 9.17) is 32.7 Å². The van der Waals surface area contributed by atoms with E-state index < -0.39 is 5.60 Å². The van der Waals surface area contributed by atoms with E-state index in [1.807, 2.05) is 27.7 Å². The second-order valence-electron chi connectivity index (χ2n) is 7.57. The number of nitrogens with zero attached hydrogens (tertiary/aromatic N) is 1. The van der Waals surface area contributed by atoms with Gasteiger partial charge in [0.2, 0.25) is 0 Å². The van der Waals surface area contributed by atoms with Crippen molar-refractivity contribution in [2.75, 3.05) is 13.2 Å². The standard InChI is InChI=1S/C17H23Cl2NO3S/c1-10-9-17(6-7-20(10)15(21)23-16(2,3)4)13-11(5-8-22-17)12(18)14(19)24-13/h10H,5-9H2,1-4H3. The van der Waals surface area contributed by atoms with Gasteiger partial charge in [0, 0.05) is 23.9 Å². The first-order chi connectivity index (χ1) is 11.1. The minimum absolute atomic E-state index is 0.0270. The van der Waals surface area contributed by atoms with Crippen LogP contribution in [0.4, 0.5) is 4.79 Å². The second kappa shape index (κ2) is 6.35. The van der Waals surface area contributed by atoms with Gasteiger partial charge in [-0.1, -0.05) is 23.2 Å². The minimum atomic E-state index is -0.491. The van der Waals surface area contributed by atoms with Crippen LogP contribution >= 0.6 is 34.5 Å². The highest BCUT2D eigenvalue weighted by Crippen LogP contribution is 2.51. The number of carbonyl (C=O) groups is 1. The van der Waals surface area contributed by atoms with Crippen LogP contribution in [0, 0.1) is 0 Å². The molecule has 3 heterocycles. The van der Waals surface area contributed by atoms with Crippen molar-refractivity contribution in [3.05, 3.63) is 19.8 Å². The van der Waals surface area contributed by atoms with Crippen molar-refractivity contribution in [2.45, 2.75) is 64.2 Å². The lowest BCUT2D eigenvalue weighted by Crippen LogP contribution is -2.53. The molecule has 1 saturated heterocycles. The number of halogens is 2. The Bertz CT molecular complexity index is 655. The average Bonchev–Trinajstić information content (AvgIpc) is 2.75. The Morgan fingerprint density at radius 3 is 2.75 bits per heavy atom. The largest absolute Gasteiger partial charge is 0.444 e. The smallest absolute Gasteiger partial charge is 0.410 e. The molecule has 2 aliphatic rings. The number of hydrogen-bond donors (Lipinski definition) is 0. The Morgan fingerprint density at radius 2 is 2.12 bits per heavy atom. The van der Waals surface area contributed by atoms with Crippen LogP contribution in [0.1, 0.15) is 51.0 Å². The van der Waals surface area contributed by atoms with E-state index in [1.165, 1.54) is 11.3 Å². The van der Waals surface area contributed by atoms with Crippen LogP contribution < -0.4 is 0 Å². The molecule has 0 radical (unpaired) electrons. The fraction of sp³-hybridized carbons (Fsp3) is 0.706. The van der Waals surface area contributed by atoms with Crippen molar-refractivity contribution in [1.29, 1.82) is 0 Å². The minimum Gasteiger partial charge on any atom is -0.444 e. The van der Waals surface area contributed by atoms with Gasteiger partial charge in [-0.3, -0.25) is 0 Å². The van der Waals surface area contributed by atoms with Crippen LogP contribution in [0.5, 0.6) is 0 Å². The first kappa shape index (κ1) is 18.3. The topological polar surface area (TPSA) is 38.8 Å². The van der Waals surface area contributed by atoms with Crippen molar-refractivity contribution >= 4 is 40.6 Å². The van der Waals surface area contributed by atoms with E-state index in [0.29, 0.717) is 22.5 Å². The fourth-order valence-electron chi connectivity index (χ4n) is 3.56. The Balaban J connectivity index is 1.81. The summed E-state index contributed by atoms with van der Waals surface area (Å²) in [6.45, 7) is 8.93. The van der Waals surface area contributed by atoms with E-state index in [1.54, 1.807) is 4.90 Å². The molecule has 24 heavy (non-hydrogen) atoms. The van der Waals surface area contributed by atoms with Crippen LogP contribution in [0.15, 0.2) is 0 Å². The molecule has 2 atom stereocenters. The Labute approximate surface area is 157 Å². The maximum atomic E-state index is 12.4. The summed E-state index contributed by atoms with van der Waals surface area (Å²) in [6, 6.07) is 0.0270. The summed E-state index contributed by atoms with van der Waals surface area (Å²) in [5, 5.41) is 0.668. The number of rotatable bonds is 0. The van der Waals surface area contributed by atoms with Gasteiger partial charge in [0.1, 0.15) is 15.5 Å².